The van der Waals surface area contributed by atoms with Crippen LogP contribution < -0.4 is 14.4 Å². The zero-order valence-corrected chi connectivity index (χ0v) is 25.7. The number of hydrogen-bond acceptors (Lipinski definition) is 6. The highest BCUT2D eigenvalue weighted by Gasteiger charge is 2.34. The molecule has 0 bridgehead atoms. The van der Waals surface area contributed by atoms with Crippen molar-refractivity contribution in [2.24, 2.45) is 0 Å². The first-order valence-electron chi connectivity index (χ1n) is 13.8. The number of rotatable bonds is 15. The third kappa shape index (κ3) is 8.27. The topological polar surface area (TPSA) is 96.0 Å². The number of hydrogen-bond donors (Lipinski definition) is 1. The fourth-order valence-electron chi connectivity index (χ4n) is 4.39. The van der Waals surface area contributed by atoms with Gasteiger partial charge in [0.2, 0.25) is 11.8 Å². The SMILES string of the molecule is CCCNC(=O)C(CC)N(Cc1ccccc1)C(=O)CN(c1ccccc1OCC)S(=O)(=O)c1ccc(SC)cc1. The first-order valence-corrected chi connectivity index (χ1v) is 16.4. The maximum absolute atomic E-state index is 14.2. The Bertz CT molecular complexity index is 1380. The van der Waals surface area contributed by atoms with E-state index in [1.54, 1.807) is 36.4 Å². The molecular formula is C31H39N3O5S2. The molecule has 220 valence electrons. The number of carbonyl (C=O) groups is 2. The molecule has 0 fully saturated rings. The van der Waals surface area contributed by atoms with Crippen molar-refractivity contribution in [2.75, 3.05) is 30.3 Å². The summed E-state index contributed by atoms with van der Waals surface area (Å²) in [6, 6.07) is 21.9. The van der Waals surface area contributed by atoms with Crippen molar-refractivity contribution >= 4 is 39.3 Å². The van der Waals surface area contributed by atoms with E-state index < -0.39 is 28.5 Å². The first kappa shape index (κ1) is 32.0. The third-order valence-corrected chi connectivity index (χ3v) is 9.01. The number of nitrogens with zero attached hydrogens (tertiary/aromatic N) is 2. The van der Waals surface area contributed by atoms with Crippen molar-refractivity contribution in [1.29, 1.82) is 0 Å². The summed E-state index contributed by atoms with van der Waals surface area (Å²) in [7, 11) is -4.19. The van der Waals surface area contributed by atoms with E-state index in [-0.39, 0.29) is 23.0 Å². The zero-order chi connectivity index (χ0) is 29.8. The Labute approximate surface area is 248 Å². The van der Waals surface area contributed by atoms with Gasteiger partial charge in [-0.15, -0.1) is 11.8 Å². The summed E-state index contributed by atoms with van der Waals surface area (Å²) in [5.74, 6) is -0.423. The highest BCUT2D eigenvalue weighted by molar-refractivity contribution is 7.98. The lowest BCUT2D eigenvalue weighted by atomic mass is 10.1. The van der Waals surface area contributed by atoms with Crippen molar-refractivity contribution in [1.82, 2.24) is 10.2 Å². The third-order valence-electron chi connectivity index (χ3n) is 6.49. The molecule has 10 heteroatoms. The van der Waals surface area contributed by atoms with Gasteiger partial charge < -0.3 is 15.0 Å². The zero-order valence-electron chi connectivity index (χ0n) is 24.1. The molecule has 1 atom stereocenters. The maximum Gasteiger partial charge on any atom is 0.264 e. The van der Waals surface area contributed by atoms with E-state index >= 15 is 0 Å². The number of sulfonamides is 1. The number of ether oxygens (including phenoxy) is 1. The average molecular weight is 598 g/mol. The lowest BCUT2D eigenvalue weighted by Gasteiger charge is -2.33. The van der Waals surface area contributed by atoms with E-state index in [0.29, 0.717) is 25.3 Å². The summed E-state index contributed by atoms with van der Waals surface area (Å²) in [5, 5.41) is 2.90. The number of para-hydroxylation sites is 2. The molecule has 1 unspecified atom stereocenters. The molecule has 0 aliphatic carbocycles. The van der Waals surface area contributed by atoms with Crippen molar-refractivity contribution in [3.63, 3.8) is 0 Å². The smallest absolute Gasteiger partial charge is 0.264 e. The highest BCUT2D eigenvalue weighted by atomic mass is 32.2. The minimum Gasteiger partial charge on any atom is -0.492 e. The molecule has 3 aromatic carbocycles. The van der Waals surface area contributed by atoms with E-state index in [9.17, 15) is 18.0 Å². The van der Waals surface area contributed by atoms with Gasteiger partial charge in [-0.2, -0.15) is 0 Å². The fraction of sp³-hybridized carbons (Fsp3) is 0.355. The van der Waals surface area contributed by atoms with Gasteiger partial charge in [0.15, 0.2) is 0 Å². The minimum absolute atomic E-state index is 0.0525. The van der Waals surface area contributed by atoms with Crippen molar-refractivity contribution in [2.45, 2.75) is 56.0 Å². The average Bonchev–Trinajstić information content (AvgIpc) is 2.99. The molecule has 3 aromatic rings. The predicted molar refractivity (Wildman–Crippen MR) is 165 cm³/mol. The summed E-state index contributed by atoms with van der Waals surface area (Å²) in [4.78, 5) is 29.8. The molecule has 0 saturated heterocycles. The van der Waals surface area contributed by atoms with E-state index in [2.05, 4.69) is 5.32 Å². The van der Waals surface area contributed by atoms with Gasteiger partial charge in [-0.3, -0.25) is 13.9 Å². The molecule has 0 spiro atoms. The number of amides is 2. The molecule has 0 radical (unpaired) electrons. The van der Waals surface area contributed by atoms with Gasteiger partial charge in [0, 0.05) is 18.0 Å². The number of thioether (sulfide) groups is 1. The minimum atomic E-state index is -4.19. The van der Waals surface area contributed by atoms with Crippen LogP contribution in [0.25, 0.3) is 0 Å². The van der Waals surface area contributed by atoms with Gasteiger partial charge in [0.05, 0.1) is 17.2 Å². The number of anilines is 1. The lowest BCUT2D eigenvalue weighted by Crippen LogP contribution is -2.52. The van der Waals surface area contributed by atoms with E-state index in [4.69, 9.17) is 4.74 Å². The van der Waals surface area contributed by atoms with Crippen LogP contribution >= 0.6 is 11.8 Å². The summed E-state index contributed by atoms with van der Waals surface area (Å²) in [5.41, 5.74) is 1.08. The van der Waals surface area contributed by atoms with E-state index in [1.807, 2.05) is 57.4 Å². The van der Waals surface area contributed by atoms with Crippen LogP contribution in [0.15, 0.2) is 88.7 Å². The van der Waals surface area contributed by atoms with Crippen LogP contribution in [0.1, 0.15) is 39.2 Å². The predicted octanol–water partition coefficient (Wildman–Crippen LogP) is 5.34. The van der Waals surface area contributed by atoms with E-state index in [0.717, 1.165) is 21.2 Å². The molecule has 3 rings (SSSR count). The van der Waals surface area contributed by atoms with Gasteiger partial charge in [0.25, 0.3) is 10.0 Å². The van der Waals surface area contributed by atoms with Crippen molar-refractivity contribution in [3.05, 3.63) is 84.4 Å². The Morgan fingerprint density at radius 1 is 0.927 bits per heavy atom. The number of benzene rings is 3. The highest BCUT2D eigenvalue weighted by Crippen LogP contribution is 2.33. The second-order valence-corrected chi connectivity index (χ2v) is 12.1. The fourth-order valence-corrected chi connectivity index (χ4v) is 6.23. The molecule has 0 saturated carbocycles. The second kappa shape index (κ2) is 15.5. The molecular weight excluding hydrogens is 558 g/mol. The van der Waals surface area contributed by atoms with Gasteiger partial charge in [0.1, 0.15) is 18.3 Å². The number of nitrogens with one attached hydrogen (secondary N) is 1. The molecule has 0 aliphatic heterocycles. The standard InChI is InChI=1S/C31H39N3O5S2/c1-5-21-32-31(36)27(6-2)33(22-24-13-9-8-10-14-24)30(35)23-34(28-15-11-12-16-29(28)39-7-3)41(37,38)26-19-17-25(40-4)18-20-26/h8-20,27H,5-7,21-23H2,1-4H3,(H,32,36). The molecule has 2 amide bonds. The molecule has 1 N–H and O–H groups in total. The van der Waals surface area contributed by atoms with Gasteiger partial charge in [-0.05, 0) is 68.0 Å². The Morgan fingerprint density at radius 2 is 1.59 bits per heavy atom. The number of carbonyl (C=O) groups excluding carboxylic acids is 2. The second-order valence-electron chi connectivity index (χ2n) is 9.31. The summed E-state index contributed by atoms with van der Waals surface area (Å²) < 4.78 is 35.1. The van der Waals surface area contributed by atoms with Crippen LogP contribution in [-0.4, -0.2) is 57.1 Å². The van der Waals surface area contributed by atoms with Crippen molar-refractivity contribution < 1.29 is 22.7 Å². The summed E-state index contributed by atoms with van der Waals surface area (Å²) in [6.07, 6.45) is 3.03. The first-order chi connectivity index (χ1) is 19.8. The van der Waals surface area contributed by atoms with Crippen LogP contribution in [0.2, 0.25) is 0 Å². The maximum atomic E-state index is 14.2. The van der Waals surface area contributed by atoms with Gasteiger partial charge in [-0.25, -0.2) is 8.42 Å². The Kier molecular flexibility index (Phi) is 12.1. The Hall–Kier alpha value is -3.50. The van der Waals surface area contributed by atoms with Crippen LogP contribution in [0.5, 0.6) is 5.75 Å². The molecule has 8 nitrogen and oxygen atoms in total. The summed E-state index contributed by atoms with van der Waals surface area (Å²) in [6.45, 7) is 6.05. The Morgan fingerprint density at radius 3 is 2.20 bits per heavy atom. The summed E-state index contributed by atoms with van der Waals surface area (Å²) >= 11 is 1.50. The van der Waals surface area contributed by atoms with Crippen LogP contribution in [-0.2, 0) is 26.2 Å². The Balaban J connectivity index is 2.09. The van der Waals surface area contributed by atoms with Gasteiger partial charge in [-0.1, -0.05) is 56.3 Å². The molecule has 41 heavy (non-hydrogen) atoms. The lowest BCUT2D eigenvalue weighted by molar-refractivity contribution is -0.140. The quantitative estimate of drug-likeness (QED) is 0.238. The normalized spacial score (nSPS) is 11.9. The molecule has 0 aromatic heterocycles. The monoisotopic (exact) mass is 597 g/mol. The molecule has 0 aliphatic rings. The molecule has 0 heterocycles. The van der Waals surface area contributed by atoms with Crippen LogP contribution in [0.4, 0.5) is 5.69 Å². The van der Waals surface area contributed by atoms with Crippen molar-refractivity contribution in [3.8, 4) is 5.75 Å². The van der Waals surface area contributed by atoms with Crippen LogP contribution in [0, 0.1) is 0 Å². The largest absolute Gasteiger partial charge is 0.492 e. The van der Waals surface area contributed by atoms with E-state index in [1.165, 1.54) is 28.8 Å². The van der Waals surface area contributed by atoms with Gasteiger partial charge >= 0.3 is 0 Å². The van der Waals surface area contributed by atoms with Crippen LogP contribution in [0.3, 0.4) is 0 Å².